The van der Waals surface area contributed by atoms with Crippen LogP contribution >= 0.6 is 0 Å². The van der Waals surface area contributed by atoms with Crippen molar-refractivity contribution in [2.24, 2.45) is 0 Å². The van der Waals surface area contributed by atoms with Gasteiger partial charge in [-0.05, 0) is 48.3 Å². The van der Waals surface area contributed by atoms with E-state index < -0.39 is 9.84 Å². The maximum atomic E-state index is 12.5. The zero-order valence-electron chi connectivity index (χ0n) is 15.9. The van der Waals surface area contributed by atoms with Gasteiger partial charge in [-0.15, -0.1) is 0 Å². The van der Waals surface area contributed by atoms with Gasteiger partial charge in [0.25, 0.3) is 0 Å². The highest BCUT2D eigenvalue weighted by molar-refractivity contribution is 7.91. The first-order valence-electron chi connectivity index (χ1n) is 9.93. The van der Waals surface area contributed by atoms with E-state index >= 15 is 0 Å². The van der Waals surface area contributed by atoms with Crippen molar-refractivity contribution < 1.29 is 13.2 Å². The summed E-state index contributed by atoms with van der Waals surface area (Å²) < 4.78 is 24.4. The molecule has 4 rings (SSSR count). The Kier molecular flexibility index (Phi) is 5.51. The molecule has 2 heterocycles. The summed E-state index contributed by atoms with van der Waals surface area (Å²) >= 11 is 0. The third kappa shape index (κ3) is 4.28. The van der Waals surface area contributed by atoms with Crippen molar-refractivity contribution >= 4 is 32.6 Å². The number of piperidine rings is 1. The summed E-state index contributed by atoms with van der Waals surface area (Å²) in [6.07, 6.45) is 6.70. The molecule has 2 aliphatic rings. The van der Waals surface area contributed by atoms with E-state index in [9.17, 15) is 13.2 Å². The molecule has 28 heavy (non-hydrogen) atoms. The lowest BCUT2D eigenvalue weighted by atomic mass is 10.0. The molecule has 2 saturated heterocycles. The second-order valence-corrected chi connectivity index (χ2v) is 9.91. The Balaban J connectivity index is 1.48. The molecule has 2 fully saturated rings. The highest BCUT2D eigenvalue weighted by Crippen LogP contribution is 2.23. The van der Waals surface area contributed by atoms with Gasteiger partial charge in [-0.2, -0.15) is 0 Å². The van der Waals surface area contributed by atoms with E-state index in [1.165, 1.54) is 12.5 Å². The molecule has 6 heteroatoms. The monoisotopic (exact) mass is 398 g/mol. The maximum absolute atomic E-state index is 12.5. The number of amides is 1. The molecule has 1 amide bonds. The molecule has 1 N–H and O–H groups in total. The van der Waals surface area contributed by atoms with Crippen LogP contribution in [0.25, 0.3) is 16.8 Å². The van der Waals surface area contributed by atoms with Gasteiger partial charge in [-0.1, -0.05) is 48.9 Å². The lowest BCUT2D eigenvalue weighted by Gasteiger charge is -2.34. The topological polar surface area (TPSA) is 66.5 Å². The van der Waals surface area contributed by atoms with Crippen LogP contribution in [0, 0.1) is 0 Å². The van der Waals surface area contributed by atoms with Crippen molar-refractivity contribution in [3.05, 3.63) is 54.1 Å². The minimum Gasteiger partial charge on any atom is -0.347 e. The van der Waals surface area contributed by atoms with E-state index in [-0.39, 0.29) is 29.5 Å². The molecule has 148 valence electrons. The molecule has 0 aliphatic carbocycles. The summed E-state index contributed by atoms with van der Waals surface area (Å²) in [4.78, 5) is 14.8. The second kappa shape index (κ2) is 8.05. The Morgan fingerprint density at radius 1 is 1.00 bits per heavy atom. The number of nitrogens with zero attached hydrogens (tertiary/aromatic N) is 1. The summed E-state index contributed by atoms with van der Waals surface area (Å²) in [7, 11) is -3.12. The van der Waals surface area contributed by atoms with Crippen molar-refractivity contribution in [1.82, 2.24) is 10.2 Å². The van der Waals surface area contributed by atoms with Crippen LogP contribution in [0.2, 0.25) is 0 Å². The molecular formula is C22H26N2O3S. The van der Waals surface area contributed by atoms with Gasteiger partial charge in [0.2, 0.25) is 5.91 Å². The van der Waals surface area contributed by atoms with Gasteiger partial charge in [0, 0.05) is 12.1 Å². The van der Waals surface area contributed by atoms with Gasteiger partial charge in [0.05, 0.1) is 17.5 Å². The Hall–Kier alpha value is -2.18. The number of hydrogen-bond donors (Lipinski definition) is 1. The van der Waals surface area contributed by atoms with Gasteiger partial charge < -0.3 is 5.32 Å². The van der Waals surface area contributed by atoms with Crippen LogP contribution in [-0.4, -0.2) is 55.9 Å². The van der Waals surface area contributed by atoms with Crippen molar-refractivity contribution in [3.63, 3.8) is 0 Å². The second-order valence-electron chi connectivity index (χ2n) is 7.76. The number of nitrogens with one attached hydrogen (secondary N) is 1. The fourth-order valence-electron chi connectivity index (χ4n) is 4.37. The first kappa shape index (κ1) is 19.2. The van der Waals surface area contributed by atoms with E-state index in [0.717, 1.165) is 42.3 Å². The lowest BCUT2D eigenvalue weighted by Crippen LogP contribution is -2.52. The van der Waals surface area contributed by atoms with Crippen LogP contribution < -0.4 is 5.32 Å². The standard InChI is InChI=1S/C22H26N2O3S/c25-22(12-11-18-9-6-8-17-7-2-3-10-19(17)18)23-20-15-28(26,27)16-21(20)24-13-4-1-5-14-24/h2-3,6-12,20-21H,1,4-5,13-16H2,(H,23,25)/b12-11+. The molecular weight excluding hydrogens is 372 g/mol. The van der Waals surface area contributed by atoms with Gasteiger partial charge in [0.15, 0.2) is 9.84 Å². The number of fused-ring (bicyclic) bond motifs is 1. The predicted molar refractivity (Wildman–Crippen MR) is 113 cm³/mol. The predicted octanol–water partition coefficient (Wildman–Crippen LogP) is 2.62. The number of hydrogen-bond acceptors (Lipinski definition) is 4. The number of likely N-dealkylation sites (tertiary alicyclic amines) is 1. The van der Waals surface area contributed by atoms with Gasteiger partial charge in [-0.25, -0.2) is 8.42 Å². The minimum atomic E-state index is -3.12. The molecule has 2 aromatic rings. The quantitative estimate of drug-likeness (QED) is 0.804. The molecule has 0 spiro atoms. The molecule has 0 radical (unpaired) electrons. The summed E-state index contributed by atoms with van der Waals surface area (Å²) in [6, 6.07) is 13.6. The molecule has 5 nitrogen and oxygen atoms in total. The minimum absolute atomic E-state index is 0.0298. The Labute approximate surface area is 166 Å². The number of rotatable bonds is 4. The zero-order chi connectivity index (χ0) is 19.6. The largest absolute Gasteiger partial charge is 0.347 e. The average Bonchev–Trinajstić information content (AvgIpc) is 3.01. The van der Waals surface area contributed by atoms with Gasteiger partial charge in [-0.3, -0.25) is 9.69 Å². The molecule has 2 aliphatic heterocycles. The number of benzene rings is 2. The molecule has 0 bridgehead atoms. The Bertz CT molecular complexity index is 989. The maximum Gasteiger partial charge on any atom is 0.244 e. The highest BCUT2D eigenvalue weighted by atomic mass is 32.2. The van der Waals surface area contributed by atoms with Crippen LogP contribution in [0.15, 0.2) is 48.5 Å². The van der Waals surface area contributed by atoms with Gasteiger partial charge in [0.1, 0.15) is 0 Å². The zero-order valence-corrected chi connectivity index (χ0v) is 16.7. The van der Waals surface area contributed by atoms with Crippen LogP contribution in [0.1, 0.15) is 24.8 Å². The summed E-state index contributed by atoms with van der Waals surface area (Å²) in [5, 5.41) is 5.16. The van der Waals surface area contributed by atoms with Crippen molar-refractivity contribution in [2.45, 2.75) is 31.3 Å². The molecule has 2 atom stereocenters. The fraction of sp³-hybridized carbons (Fsp3) is 0.409. The number of sulfone groups is 1. The number of carbonyl (C=O) groups excluding carboxylic acids is 1. The summed E-state index contributed by atoms with van der Waals surface area (Å²) in [5.74, 6) is -0.0652. The van der Waals surface area contributed by atoms with Crippen molar-refractivity contribution in [1.29, 1.82) is 0 Å². The first-order valence-corrected chi connectivity index (χ1v) is 11.7. The van der Waals surface area contributed by atoms with E-state index in [2.05, 4.69) is 10.2 Å². The van der Waals surface area contributed by atoms with E-state index in [1.807, 2.05) is 42.5 Å². The third-order valence-electron chi connectivity index (χ3n) is 5.75. The third-order valence-corrected chi connectivity index (χ3v) is 7.46. The number of carbonyl (C=O) groups is 1. The smallest absolute Gasteiger partial charge is 0.244 e. The lowest BCUT2D eigenvalue weighted by molar-refractivity contribution is -0.117. The van der Waals surface area contributed by atoms with Crippen LogP contribution in [0.3, 0.4) is 0 Å². The highest BCUT2D eigenvalue weighted by Gasteiger charge is 2.41. The SMILES string of the molecule is O=C(/C=C/c1cccc2ccccc12)NC1CS(=O)(=O)CC1N1CCCCC1. The fourth-order valence-corrected chi connectivity index (χ4v) is 6.32. The van der Waals surface area contributed by atoms with Crippen LogP contribution in [0.5, 0.6) is 0 Å². The van der Waals surface area contributed by atoms with E-state index in [0.29, 0.717) is 0 Å². The van der Waals surface area contributed by atoms with E-state index in [4.69, 9.17) is 0 Å². The van der Waals surface area contributed by atoms with Crippen molar-refractivity contribution in [2.75, 3.05) is 24.6 Å². The molecule has 2 unspecified atom stereocenters. The van der Waals surface area contributed by atoms with Crippen molar-refractivity contribution in [3.8, 4) is 0 Å². The van der Waals surface area contributed by atoms with E-state index in [1.54, 1.807) is 6.08 Å². The van der Waals surface area contributed by atoms with Gasteiger partial charge >= 0.3 is 0 Å². The van der Waals surface area contributed by atoms with Crippen LogP contribution in [-0.2, 0) is 14.6 Å². The average molecular weight is 399 g/mol. The summed E-state index contributed by atoms with van der Waals surface area (Å²) in [6.45, 7) is 1.83. The first-order chi connectivity index (χ1) is 13.5. The summed E-state index contributed by atoms with van der Waals surface area (Å²) in [5.41, 5.74) is 0.972. The molecule has 0 aromatic heterocycles. The Morgan fingerprint density at radius 3 is 2.57 bits per heavy atom. The Morgan fingerprint density at radius 2 is 1.75 bits per heavy atom. The molecule has 0 saturated carbocycles. The normalized spacial score (nSPS) is 25.3. The molecule has 2 aromatic carbocycles. The van der Waals surface area contributed by atoms with Crippen LogP contribution in [0.4, 0.5) is 0 Å².